The SMILES string of the molecule is Fc1cncc(CNc2c(Br)cc(Cl)cc2Br)c1. The molecular formula is C12H8Br2ClFN2. The van der Waals surface area contributed by atoms with Crippen molar-refractivity contribution >= 4 is 49.1 Å². The summed E-state index contributed by atoms with van der Waals surface area (Å²) in [5, 5.41) is 3.82. The van der Waals surface area contributed by atoms with Crippen LogP contribution in [0.1, 0.15) is 5.56 Å². The van der Waals surface area contributed by atoms with Crippen molar-refractivity contribution in [2.45, 2.75) is 6.54 Å². The van der Waals surface area contributed by atoms with Gasteiger partial charge >= 0.3 is 0 Å². The first-order chi connectivity index (χ1) is 8.56. The summed E-state index contributed by atoms with van der Waals surface area (Å²) in [4.78, 5) is 3.80. The molecule has 2 nitrogen and oxygen atoms in total. The van der Waals surface area contributed by atoms with Crippen LogP contribution in [0.15, 0.2) is 39.5 Å². The minimum Gasteiger partial charge on any atom is -0.379 e. The van der Waals surface area contributed by atoms with Gasteiger partial charge in [-0.25, -0.2) is 4.39 Å². The smallest absolute Gasteiger partial charge is 0.141 e. The van der Waals surface area contributed by atoms with E-state index >= 15 is 0 Å². The monoisotopic (exact) mass is 392 g/mol. The Hall–Kier alpha value is -0.650. The molecule has 2 rings (SSSR count). The molecule has 0 spiro atoms. The Morgan fingerprint density at radius 3 is 2.44 bits per heavy atom. The molecule has 0 fully saturated rings. The molecule has 1 aromatic heterocycles. The minimum absolute atomic E-state index is 0.344. The molecule has 0 atom stereocenters. The van der Waals surface area contributed by atoms with Crippen molar-refractivity contribution in [2.24, 2.45) is 0 Å². The molecule has 6 heteroatoms. The Kier molecular flexibility index (Phi) is 4.59. The summed E-state index contributed by atoms with van der Waals surface area (Å²) in [5.74, 6) is -0.344. The highest BCUT2D eigenvalue weighted by Gasteiger charge is 2.07. The quantitative estimate of drug-likeness (QED) is 0.792. The van der Waals surface area contributed by atoms with Gasteiger partial charge in [-0.15, -0.1) is 0 Å². The second kappa shape index (κ2) is 5.99. The molecule has 94 valence electrons. The van der Waals surface area contributed by atoms with E-state index in [0.717, 1.165) is 20.2 Å². The lowest BCUT2D eigenvalue weighted by atomic mass is 10.2. The predicted octanol–water partition coefficient (Wildman–Crippen LogP) is 5.01. The lowest BCUT2D eigenvalue weighted by Crippen LogP contribution is -2.01. The third-order valence-electron chi connectivity index (χ3n) is 2.24. The molecule has 2 aromatic rings. The lowest BCUT2D eigenvalue weighted by Gasteiger charge is -2.11. The van der Waals surface area contributed by atoms with Crippen molar-refractivity contribution in [1.82, 2.24) is 4.98 Å². The first kappa shape index (κ1) is 13.8. The van der Waals surface area contributed by atoms with E-state index in [1.807, 2.05) is 0 Å². The molecule has 18 heavy (non-hydrogen) atoms. The van der Waals surface area contributed by atoms with Gasteiger partial charge in [0, 0.05) is 26.7 Å². The molecule has 0 radical (unpaired) electrons. The fourth-order valence-electron chi connectivity index (χ4n) is 1.45. The van der Waals surface area contributed by atoms with Gasteiger partial charge in [0.05, 0.1) is 11.9 Å². The number of aromatic nitrogens is 1. The highest BCUT2D eigenvalue weighted by molar-refractivity contribution is 9.11. The topological polar surface area (TPSA) is 24.9 Å². The van der Waals surface area contributed by atoms with E-state index in [9.17, 15) is 4.39 Å². The van der Waals surface area contributed by atoms with E-state index < -0.39 is 0 Å². The van der Waals surface area contributed by atoms with E-state index in [-0.39, 0.29) is 5.82 Å². The number of nitrogens with zero attached hydrogens (tertiary/aromatic N) is 1. The maximum Gasteiger partial charge on any atom is 0.141 e. The summed E-state index contributed by atoms with van der Waals surface area (Å²) < 4.78 is 14.7. The summed E-state index contributed by atoms with van der Waals surface area (Å²) in [6, 6.07) is 5.02. The standard InChI is InChI=1S/C12H8Br2ClFN2/c13-10-2-8(15)3-11(14)12(10)18-5-7-1-9(16)6-17-4-7/h1-4,6,18H,5H2. The molecule has 0 bridgehead atoms. The van der Waals surface area contributed by atoms with Crippen LogP contribution in [0.3, 0.4) is 0 Å². The zero-order chi connectivity index (χ0) is 13.1. The Morgan fingerprint density at radius 2 is 1.83 bits per heavy atom. The van der Waals surface area contributed by atoms with Gasteiger partial charge in [-0.2, -0.15) is 0 Å². The first-order valence-electron chi connectivity index (χ1n) is 5.04. The maximum absolute atomic E-state index is 13.0. The molecule has 0 aliphatic rings. The molecule has 0 aliphatic carbocycles. The van der Waals surface area contributed by atoms with Gasteiger partial charge < -0.3 is 5.32 Å². The normalized spacial score (nSPS) is 10.4. The molecular weight excluding hydrogens is 386 g/mol. The molecule has 0 saturated carbocycles. The number of hydrogen-bond donors (Lipinski definition) is 1. The zero-order valence-electron chi connectivity index (χ0n) is 9.05. The second-order valence-corrected chi connectivity index (χ2v) is 5.75. The van der Waals surface area contributed by atoms with E-state index in [1.165, 1.54) is 12.3 Å². The summed E-state index contributed by atoms with van der Waals surface area (Å²) in [6.07, 6.45) is 2.80. The third-order valence-corrected chi connectivity index (χ3v) is 3.71. The number of halogens is 4. The van der Waals surface area contributed by atoms with Crippen LogP contribution in [0.5, 0.6) is 0 Å². The molecule has 0 aliphatic heterocycles. The maximum atomic E-state index is 13.0. The van der Waals surface area contributed by atoms with Crippen LogP contribution in [-0.4, -0.2) is 4.98 Å². The first-order valence-corrected chi connectivity index (χ1v) is 7.00. The van der Waals surface area contributed by atoms with Crippen LogP contribution in [0.2, 0.25) is 5.02 Å². The molecule has 1 heterocycles. The number of pyridine rings is 1. The minimum atomic E-state index is -0.344. The third kappa shape index (κ3) is 3.43. The van der Waals surface area contributed by atoms with E-state index in [0.29, 0.717) is 11.6 Å². The van der Waals surface area contributed by atoms with Crippen molar-refractivity contribution in [1.29, 1.82) is 0 Å². The number of benzene rings is 1. The highest BCUT2D eigenvalue weighted by atomic mass is 79.9. The number of nitrogens with one attached hydrogen (secondary N) is 1. The van der Waals surface area contributed by atoms with E-state index in [4.69, 9.17) is 11.6 Å². The van der Waals surface area contributed by atoms with Crippen LogP contribution >= 0.6 is 43.5 Å². The van der Waals surface area contributed by atoms with E-state index in [2.05, 4.69) is 42.2 Å². The van der Waals surface area contributed by atoms with Gasteiger partial charge in [0.1, 0.15) is 5.82 Å². The Labute approximate surface area is 126 Å². The van der Waals surface area contributed by atoms with Crippen LogP contribution in [0, 0.1) is 5.82 Å². The van der Waals surface area contributed by atoms with Crippen LogP contribution in [0.25, 0.3) is 0 Å². The van der Waals surface area contributed by atoms with Crippen LogP contribution in [-0.2, 0) is 6.54 Å². The molecule has 0 saturated heterocycles. The zero-order valence-corrected chi connectivity index (χ0v) is 13.0. The number of hydrogen-bond acceptors (Lipinski definition) is 2. The lowest BCUT2D eigenvalue weighted by molar-refractivity contribution is 0.619. The average Bonchev–Trinajstić information content (AvgIpc) is 2.27. The summed E-state index contributed by atoms with van der Waals surface area (Å²) in [6.45, 7) is 0.476. The fraction of sp³-hybridized carbons (Fsp3) is 0.0833. The summed E-state index contributed by atoms with van der Waals surface area (Å²) in [7, 11) is 0. The van der Waals surface area contributed by atoms with Gasteiger partial charge in [0.25, 0.3) is 0 Å². The largest absolute Gasteiger partial charge is 0.379 e. The van der Waals surface area contributed by atoms with Crippen LogP contribution in [0.4, 0.5) is 10.1 Å². The van der Waals surface area contributed by atoms with Gasteiger partial charge in [-0.05, 0) is 55.6 Å². The van der Waals surface area contributed by atoms with Crippen molar-refractivity contribution < 1.29 is 4.39 Å². The van der Waals surface area contributed by atoms with Crippen molar-refractivity contribution in [3.8, 4) is 0 Å². The number of anilines is 1. The highest BCUT2D eigenvalue weighted by Crippen LogP contribution is 2.34. The summed E-state index contributed by atoms with van der Waals surface area (Å²) >= 11 is 12.8. The Balaban J connectivity index is 2.16. The van der Waals surface area contributed by atoms with Crippen molar-refractivity contribution in [3.05, 3.63) is 55.9 Å². The molecule has 1 N–H and O–H groups in total. The van der Waals surface area contributed by atoms with E-state index in [1.54, 1.807) is 18.3 Å². The van der Waals surface area contributed by atoms with Crippen LogP contribution < -0.4 is 5.32 Å². The van der Waals surface area contributed by atoms with Gasteiger partial charge in [-0.1, -0.05) is 11.6 Å². The fourth-order valence-corrected chi connectivity index (χ4v) is 3.40. The van der Waals surface area contributed by atoms with Gasteiger partial charge in [-0.3, -0.25) is 4.98 Å². The molecule has 1 aromatic carbocycles. The van der Waals surface area contributed by atoms with Gasteiger partial charge in [0.15, 0.2) is 0 Å². The summed E-state index contributed by atoms with van der Waals surface area (Å²) in [5.41, 5.74) is 1.63. The van der Waals surface area contributed by atoms with Gasteiger partial charge in [0.2, 0.25) is 0 Å². The Morgan fingerprint density at radius 1 is 1.17 bits per heavy atom. The average molecular weight is 394 g/mol. The molecule has 0 unspecified atom stereocenters. The number of rotatable bonds is 3. The predicted molar refractivity (Wildman–Crippen MR) is 78.4 cm³/mol. The second-order valence-electron chi connectivity index (χ2n) is 3.61. The van der Waals surface area contributed by atoms with Crippen molar-refractivity contribution in [3.63, 3.8) is 0 Å². The Bertz CT molecular complexity index is 555. The molecule has 0 amide bonds. The van der Waals surface area contributed by atoms with Crippen molar-refractivity contribution in [2.75, 3.05) is 5.32 Å².